The van der Waals surface area contributed by atoms with Crippen molar-refractivity contribution in [3.8, 4) is 0 Å². The Labute approximate surface area is 91.4 Å². The number of rotatable bonds is 1. The first-order chi connectivity index (χ1) is 7.31. The molecule has 0 atom stereocenters. The third-order valence-corrected chi connectivity index (χ3v) is 2.00. The minimum atomic E-state index is 0.116. The highest BCUT2D eigenvalue weighted by Crippen LogP contribution is 2.15. The molecule has 0 fully saturated rings. The molecule has 0 aliphatic heterocycles. The quantitative estimate of drug-likeness (QED) is 0.746. The van der Waals surface area contributed by atoms with Crippen LogP contribution >= 0.6 is 0 Å². The first-order valence-electron chi connectivity index (χ1n) is 5.40. The average molecular weight is 202 g/mol. The maximum Gasteiger partial charge on any atom is 0.0682 e. The van der Waals surface area contributed by atoms with Gasteiger partial charge in [0.2, 0.25) is 0 Å². The van der Waals surface area contributed by atoms with Gasteiger partial charge in [-0.1, -0.05) is 56.7 Å². The minimum absolute atomic E-state index is 0.116. The minimum Gasteiger partial charge on any atom is -0.392 e. The molecule has 0 unspecified atom stereocenters. The van der Waals surface area contributed by atoms with Gasteiger partial charge in [0.15, 0.2) is 0 Å². The van der Waals surface area contributed by atoms with Crippen molar-refractivity contribution in [2.24, 2.45) is 0 Å². The van der Waals surface area contributed by atoms with Gasteiger partial charge in [0.1, 0.15) is 0 Å². The molecule has 2 rings (SSSR count). The zero-order valence-corrected chi connectivity index (χ0v) is 9.40. The molecule has 0 saturated carbocycles. The zero-order valence-electron chi connectivity index (χ0n) is 9.40. The summed E-state index contributed by atoms with van der Waals surface area (Å²) in [6, 6.07) is 14.1. The van der Waals surface area contributed by atoms with E-state index in [-0.39, 0.29) is 6.61 Å². The van der Waals surface area contributed by atoms with Crippen molar-refractivity contribution in [2.45, 2.75) is 26.9 Å². The largest absolute Gasteiger partial charge is 0.392 e. The fourth-order valence-corrected chi connectivity index (χ4v) is 1.34. The lowest BCUT2D eigenvalue weighted by molar-refractivity contribution is 0.282. The summed E-state index contributed by atoms with van der Waals surface area (Å²) in [5.41, 5.74) is 0.966. The lowest BCUT2D eigenvalue weighted by atomic mass is 10.1. The molecular weight excluding hydrogens is 184 g/mol. The molecule has 0 aromatic heterocycles. The van der Waals surface area contributed by atoms with E-state index in [1.807, 2.05) is 30.3 Å². The van der Waals surface area contributed by atoms with Crippen molar-refractivity contribution < 1.29 is 5.11 Å². The third kappa shape index (κ3) is 3.37. The van der Waals surface area contributed by atoms with Crippen LogP contribution in [0.25, 0.3) is 10.8 Å². The van der Waals surface area contributed by atoms with Gasteiger partial charge in [-0.25, -0.2) is 0 Å². The maximum absolute atomic E-state index is 8.90. The van der Waals surface area contributed by atoms with Gasteiger partial charge in [0.25, 0.3) is 0 Å². The van der Waals surface area contributed by atoms with Crippen LogP contribution < -0.4 is 0 Å². The van der Waals surface area contributed by atoms with Crippen LogP contribution in [0.15, 0.2) is 42.5 Å². The highest BCUT2D eigenvalue weighted by atomic mass is 16.3. The zero-order chi connectivity index (χ0) is 11.1. The summed E-state index contributed by atoms with van der Waals surface area (Å²) in [7, 11) is 0. The van der Waals surface area contributed by atoms with Crippen molar-refractivity contribution in [3.05, 3.63) is 48.0 Å². The molecule has 1 heteroatoms. The summed E-state index contributed by atoms with van der Waals surface area (Å²) < 4.78 is 0. The molecule has 0 saturated heterocycles. The van der Waals surface area contributed by atoms with Crippen LogP contribution in [0.2, 0.25) is 0 Å². The summed E-state index contributed by atoms with van der Waals surface area (Å²) in [6.45, 7) is 4.37. The Morgan fingerprint density at radius 3 is 2.13 bits per heavy atom. The summed E-state index contributed by atoms with van der Waals surface area (Å²) in [5.74, 6) is 0. The van der Waals surface area contributed by atoms with Gasteiger partial charge >= 0.3 is 0 Å². The predicted molar refractivity (Wildman–Crippen MR) is 65.8 cm³/mol. The smallest absolute Gasteiger partial charge is 0.0682 e. The van der Waals surface area contributed by atoms with Crippen molar-refractivity contribution in [1.29, 1.82) is 0 Å². The van der Waals surface area contributed by atoms with E-state index in [0.29, 0.717) is 0 Å². The van der Waals surface area contributed by atoms with Crippen molar-refractivity contribution in [1.82, 2.24) is 0 Å². The van der Waals surface area contributed by atoms with E-state index in [9.17, 15) is 0 Å². The number of fused-ring (bicyclic) bond motifs is 1. The van der Waals surface area contributed by atoms with Crippen molar-refractivity contribution in [3.63, 3.8) is 0 Å². The Morgan fingerprint density at radius 2 is 1.53 bits per heavy atom. The standard InChI is InChI=1S/C11H10O.C3H8/c12-8-9-5-6-10-3-1-2-4-11(10)7-9;1-3-2/h1-7,12H,8H2;3H2,1-2H3. The Balaban J connectivity index is 0.000000337. The highest BCUT2D eigenvalue weighted by Gasteiger charge is 1.92. The number of hydrogen-bond acceptors (Lipinski definition) is 1. The van der Waals surface area contributed by atoms with E-state index in [1.54, 1.807) is 0 Å². The first-order valence-corrected chi connectivity index (χ1v) is 5.40. The van der Waals surface area contributed by atoms with Gasteiger partial charge in [-0.2, -0.15) is 0 Å². The summed E-state index contributed by atoms with van der Waals surface area (Å²) >= 11 is 0. The second kappa shape index (κ2) is 6.20. The molecule has 1 N–H and O–H groups in total. The first kappa shape index (κ1) is 11.7. The van der Waals surface area contributed by atoms with Crippen LogP contribution in [0.5, 0.6) is 0 Å². The molecular formula is C14H18O. The number of aliphatic hydroxyl groups is 1. The summed E-state index contributed by atoms with van der Waals surface area (Å²) in [6.07, 6.45) is 1.25. The second-order valence-electron chi connectivity index (χ2n) is 3.55. The SMILES string of the molecule is CCC.OCc1ccc2ccccc2c1. The Kier molecular flexibility index (Phi) is 4.85. The predicted octanol–water partition coefficient (Wildman–Crippen LogP) is 3.75. The van der Waals surface area contributed by atoms with Crippen LogP contribution in [-0.2, 0) is 6.61 Å². The molecule has 2 aromatic rings. The molecule has 0 bridgehead atoms. The van der Waals surface area contributed by atoms with E-state index in [2.05, 4.69) is 26.0 Å². The number of benzene rings is 2. The summed E-state index contributed by atoms with van der Waals surface area (Å²) in [4.78, 5) is 0. The van der Waals surface area contributed by atoms with E-state index in [1.165, 1.54) is 17.2 Å². The van der Waals surface area contributed by atoms with Crippen LogP contribution in [0.3, 0.4) is 0 Å². The molecule has 0 amide bonds. The Morgan fingerprint density at radius 1 is 0.933 bits per heavy atom. The van der Waals surface area contributed by atoms with Crippen LogP contribution in [-0.4, -0.2) is 5.11 Å². The molecule has 80 valence electrons. The van der Waals surface area contributed by atoms with E-state index >= 15 is 0 Å². The Hall–Kier alpha value is -1.34. The molecule has 0 spiro atoms. The normalized spacial score (nSPS) is 9.53. The van der Waals surface area contributed by atoms with Gasteiger partial charge in [0.05, 0.1) is 6.61 Å². The van der Waals surface area contributed by atoms with E-state index in [0.717, 1.165) is 5.56 Å². The van der Waals surface area contributed by atoms with Crippen LogP contribution in [0.4, 0.5) is 0 Å². The number of aliphatic hydroxyl groups excluding tert-OH is 1. The van der Waals surface area contributed by atoms with Gasteiger partial charge in [-0.3, -0.25) is 0 Å². The molecule has 0 aliphatic carbocycles. The van der Waals surface area contributed by atoms with Gasteiger partial charge in [-0.05, 0) is 22.4 Å². The summed E-state index contributed by atoms with van der Waals surface area (Å²) in [5, 5.41) is 11.3. The topological polar surface area (TPSA) is 20.2 Å². The van der Waals surface area contributed by atoms with Crippen molar-refractivity contribution >= 4 is 10.8 Å². The molecule has 2 aromatic carbocycles. The third-order valence-electron chi connectivity index (χ3n) is 2.00. The molecule has 0 heterocycles. The molecule has 1 nitrogen and oxygen atoms in total. The molecule has 15 heavy (non-hydrogen) atoms. The fourth-order valence-electron chi connectivity index (χ4n) is 1.34. The lowest BCUT2D eigenvalue weighted by Gasteiger charge is -1.99. The van der Waals surface area contributed by atoms with Crippen LogP contribution in [0.1, 0.15) is 25.8 Å². The maximum atomic E-state index is 8.90. The van der Waals surface area contributed by atoms with Gasteiger partial charge in [-0.15, -0.1) is 0 Å². The monoisotopic (exact) mass is 202 g/mol. The lowest BCUT2D eigenvalue weighted by Crippen LogP contribution is -1.81. The van der Waals surface area contributed by atoms with E-state index < -0.39 is 0 Å². The number of hydrogen-bond donors (Lipinski definition) is 1. The Bertz CT molecular complexity index is 407. The van der Waals surface area contributed by atoms with Gasteiger partial charge in [0, 0.05) is 0 Å². The second-order valence-corrected chi connectivity index (χ2v) is 3.55. The molecule has 0 aliphatic rings. The fraction of sp³-hybridized carbons (Fsp3) is 0.286. The molecule has 0 radical (unpaired) electrons. The van der Waals surface area contributed by atoms with E-state index in [4.69, 9.17) is 5.11 Å². The highest BCUT2D eigenvalue weighted by molar-refractivity contribution is 5.82. The van der Waals surface area contributed by atoms with Crippen molar-refractivity contribution in [2.75, 3.05) is 0 Å². The van der Waals surface area contributed by atoms with Gasteiger partial charge < -0.3 is 5.11 Å². The average Bonchev–Trinajstić information content (AvgIpc) is 2.29. The van der Waals surface area contributed by atoms with Crippen LogP contribution in [0, 0.1) is 0 Å².